The molecule has 1 aromatic rings. The first-order chi connectivity index (χ1) is 7.77. The van der Waals surface area contributed by atoms with Crippen molar-refractivity contribution in [3.63, 3.8) is 0 Å². The molecule has 1 N–H and O–H groups in total. The lowest BCUT2D eigenvalue weighted by Gasteiger charge is -2.32. The lowest BCUT2D eigenvalue weighted by atomic mass is 10.0. The number of hydrogen-bond acceptors (Lipinski definition) is 2. The van der Waals surface area contributed by atoms with E-state index in [4.69, 9.17) is 5.11 Å². The molecule has 0 aromatic heterocycles. The molecule has 86 valence electrons. The van der Waals surface area contributed by atoms with Gasteiger partial charge in [-0.25, -0.2) is 0 Å². The van der Waals surface area contributed by atoms with Crippen molar-refractivity contribution < 1.29 is 9.90 Å². The van der Waals surface area contributed by atoms with Crippen LogP contribution in [0.3, 0.4) is 0 Å². The van der Waals surface area contributed by atoms with E-state index < -0.39 is 5.97 Å². The van der Waals surface area contributed by atoms with Crippen molar-refractivity contribution in [2.24, 2.45) is 0 Å². The SMILES string of the molecule is O=C(O)[C@@H]1CCCCN1Cc1ccccc1. The van der Waals surface area contributed by atoms with Gasteiger partial charge in [0.2, 0.25) is 0 Å². The molecular formula is C13H17NO2. The van der Waals surface area contributed by atoms with Gasteiger partial charge in [0.05, 0.1) is 0 Å². The number of piperidine rings is 1. The van der Waals surface area contributed by atoms with Crippen LogP contribution in [0.15, 0.2) is 30.3 Å². The molecule has 1 saturated heterocycles. The highest BCUT2D eigenvalue weighted by atomic mass is 16.4. The van der Waals surface area contributed by atoms with E-state index in [2.05, 4.69) is 4.90 Å². The number of carbonyl (C=O) groups is 1. The van der Waals surface area contributed by atoms with Gasteiger partial charge in [-0.1, -0.05) is 36.8 Å². The Balaban J connectivity index is 2.04. The lowest BCUT2D eigenvalue weighted by molar-refractivity contribution is -0.144. The molecule has 0 bridgehead atoms. The summed E-state index contributed by atoms with van der Waals surface area (Å²) in [6, 6.07) is 9.77. The van der Waals surface area contributed by atoms with E-state index in [-0.39, 0.29) is 6.04 Å². The van der Waals surface area contributed by atoms with Crippen molar-refractivity contribution in [2.45, 2.75) is 31.8 Å². The third-order valence-corrected chi connectivity index (χ3v) is 3.13. The van der Waals surface area contributed by atoms with Gasteiger partial charge in [-0.2, -0.15) is 0 Å². The standard InChI is InChI=1S/C13H17NO2/c15-13(16)12-8-4-5-9-14(12)10-11-6-2-1-3-7-11/h1-3,6-7,12H,4-5,8-10H2,(H,15,16)/t12-/m0/s1. The van der Waals surface area contributed by atoms with E-state index >= 15 is 0 Å². The summed E-state index contributed by atoms with van der Waals surface area (Å²) in [4.78, 5) is 13.2. The summed E-state index contributed by atoms with van der Waals surface area (Å²) in [5.41, 5.74) is 1.19. The van der Waals surface area contributed by atoms with E-state index in [9.17, 15) is 4.79 Å². The Hall–Kier alpha value is -1.35. The number of hydrogen-bond donors (Lipinski definition) is 1. The average Bonchev–Trinajstić information content (AvgIpc) is 2.31. The summed E-state index contributed by atoms with van der Waals surface area (Å²) >= 11 is 0. The minimum atomic E-state index is -0.685. The van der Waals surface area contributed by atoms with Gasteiger partial charge in [-0.3, -0.25) is 9.69 Å². The van der Waals surface area contributed by atoms with Gasteiger partial charge in [0.25, 0.3) is 0 Å². The Kier molecular flexibility index (Phi) is 3.57. The van der Waals surface area contributed by atoms with Gasteiger partial charge in [0, 0.05) is 6.54 Å². The maximum absolute atomic E-state index is 11.1. The molecule has 0 amide bonds. The zero-order chi connectivity index (χ0) is 11.4. The van der Waals surface area contributed by atoms with Gasteiger partial charge < -0.3 is 5.11 Å². The second kappa shape index (κ2) is 5.12. The number of aliphatic carboxylic acids is 1. The number of benzene rings is 1. The molecular weight excluding hydrogens is 202 g/mol. The van der Waals surface area contributed by atoms with Crippen LogP contribution in [0.4, 0.5) is 0 Å². The third kappa shape index (κ3) is 2.61. The van der Waals surface area contributed by atoms with Crippen molar-refractivity contribution in [1.82, 2.24) is 4.90 Å². The fraction of sp³-hybridized carbons (Fsp3) is 0.462. The molecule has 1 heterocycles. The second-order valence-corrected chi connectivity index (χ2v) is 4.31. The van der Waals surface area contributed by atoms with Crippen LogP contribution in [0.25, 0.3) is 0 Å². The highest BCUT2D eigenvalue weighted by Gasteiger charge is 2.27. The minimum Gasteiger partial charge on any atom is -0.480 e. The maximum Gasteiger partial charge on any atom is 0.320 e. The summed E-state index contributed by atoms with van der Waals surface area (Å²) < 4.78 is 0. The van der Waals surface area contributed by atoms with Crippen LogP contribution in [0.5, 0.6) is 0 Å². The first kappa shape index (κ1) is 11.1. The maximum atomic E-state index is 11.1. The first-order valence-electron chi connectivity index (χ1n) is 5.78. The number of likely N-dealkylation sites (tertiary alicyclic amines) is 1. The largest absolute Gasteiger partial charge is 0.480 e. The molecule has 0 saturated carbocycles. The van der Waals surface area contributed by atoms with Crippen LogP contribution in [0.2, 0.25) is 0 Å². The number of carboxylic acids is 1. The Labute approximate surface area is 95.7 Å². The van der Waals surface area contributed by atoms with Gasteiger partial charge >= 0.3 is 5.97 Å². The monoisotopic (exact) mass is 219 g/mol. The zero-order valence-corrected chi connectivity index (χ0v) is 9.30. The van der Waals surface area contributed by atoms with Crippen molar-refractivity contribution in [3.8, 4) is 0 Å². The molecule has 1 fully saturated rings. The first-order valence-corrected chi connectivity index (χ1v) is 5.78. The highest BCUT2D eigenvalue weighted by molar-refractivity contribution is 5.73. The van der Waals surface area contributed by atoms with E-state index in [1.807, 2.05) is 30.3 Å². The van der Waals surface area contributed by atoms with Crippen LogP contribution in [-0.4, -0.2) is 28.6 Å². The molecule has 1 aliphatic rings. The molecule has 0 aliphatic carbocycles. The molecule has 2 rings (SSSR count). The van der Waals surface area contributed by atoms with Crippen LogP contribution in [0, 0.1) is 0 Å². The Morgan fingerprint density at radius 2 is 2.06 bits per heavy atom. The average molecular weight is 219 g/mol. The van der Waals surface area contributed by atoms with Crippen molar-refractivity contribution in [3.05, 3.63) is 35.9 Å². The Morgan fingerprint density at radius 1 is 1.31 bits per heavy atom. The van der Waals surface area contributed by atoms with Crippen molar-refractivity contribution >= 4 is 5.97 Å². The molecule has 16 heavy (non-hydrogen) atoms. The zero-order valence-electron chi connectivity index (χ0n) is 9.30. The normalized spacial score (nSPS) is 21.9. The van der Waals surface area contributed by atoms with Gasteiger partial charge in [-0.05, 0) is 24.9 Å². The molecule has 0 spiro atoms. The van der Waals surface area contributed by atoms with Gasteiger partial charge in [0.15, 0.2) is 0 Å². The number of nitrogens with zero attached hydrogens (tertiary/aromatic N) is 1. The summed E-state index contributed by atoms with van der Waals surface area (Å²) in [5.74, 6) is -0.685. The summed E-state index contributed by atoms with van der Waals surface area (Å²) in [6.07, 6.45) is 2.92. The molecule has 0 unspecified atom stereocenters. The third-order valence-electron chi connectivity index (χ3n) is 3.13. The van der Waals surface area contributed by atoms with E-state index in [1.54, 1.807) is 0 Å². The Morgan fingerprint density at radius 3 is 2.75 bits per heavy atom. The van der Waals surface area contributed by atoms with Crippen LogP contribution < -0.4 is 0 Å². The lowest BCUT2D eigenvalue weighted by Crippen LogP contribution is -2.43. The van der Waals surface area contributed by atoms with Crippen molar-refractivity contribution in [1.29, 1.82) is 0 Å². The predicted octanol–water partition coefficient (Wildman–Crippen LogP) is 2.13. The Bertz CT molecular complexity index is 350. The summed E-state index contributed by atoms with van der Waals surface area (Å²) in [6.45, 7) is 1.64. The highest BCUT2D eigenvalue weighted by Crippen LogP contribution is 2.19. The summed E-state index contributed by atoms with van der Waals surface area (Å²) in [7, 11) is 0. The van der Waals surface area contributed by atoms with E-state index in [0.29, 0.717) is 0 Å². The number of carboxylic acid groups (broad SMARTS) is 1. The second-order valence-electron chi connectivity index (χ2n) is 4.31. The molecule has 0 radical (unpaired) electrons. The molecule has 1 aliphatic heterocycles. The fourth-order valence-electron chi connectivity index (χ4n) is 2.28. The van der Waals surface area contributed by atoms with Crippen LogP contribution in [0.1, 0.15) is 24.8 Å². The predicted molar refractivity (Wildman–Crippen MR) is 62.1 cm³/mol. The molecule has 1 aromatic carbocycles. The van der Waals surface area contributed by atoms with E-state index in [0.717, 1.165) is 32.4 Å². The fourth-order valence-corrected chi connectivity index (χ4v) is 2.28. The minimum absolute atomic E-state index is 0.297. The number of rotatable bonds is 3. The van der Waals surface area contributed by atoms with E-state index in [1.165, 1.54) is 5.56 Å². The summed E-state index contributed by atoms with van der Waals surface area (Å²) in [5, 5.41) is 9.15. The molecule has 1 atom stereocenters. The van der Waals surface area contributed by atoms with Crippen LogP contribution >= 0.6 is 0 Å². The van der Waals surface area contributed by atoms with Crippen molar-refractivity contribution in [2.75, 3.05) is 6.54 Å². The van der Waals surface area contributed by atoms with Gasteiger partial charge in [-0.15, -0.1) is 0 Å². The van der Waals surface area contributed by atoms with Gasteiger partial charge in [0.1, 0.15) is 6.04 Å². The quantitative estimate of drug-likeness (QED) is 0.846. The molecule has 3 heteroatoms. The topological polar surface area (TPSA) is 40.5 Å². The smallest absolute Gasteiger partial charge is 0.320 e. The van der Waals surface area contributed by atoms with Crippen LogP contribution in [-0.2, 0) is 11.3 Å². The molecule has 3 nitrogen and oxygen atoms in total.